The monoisotopic (exact) mass is 525 g/mol. The highest BCUT2D eigenvalue weighted by Crippen LogP contribution is 2.26. The Bertz CT molecular complexity index is 1540. The summed E-state index contributed by atoms with van der Waals surface area (Å²) in [5, 5.41) is 4.09. The van der Waals surface area contributed by atoms with Gasteiger partial charge in [-0.05, 0) is 43.2 Å². The number of benzene rings is 2. The van der Waals surface area contributed by atoms with E-state index in [1.807, 2.05) is 18.2 Å². The highest BCUT2D eigenvalue weighted by molar-refractivity contribution is 5.80. The van der Waals surface area contributed by atoms with Gasteiger partial charge in [0.25, 0.3) is 11.4 Å². The summed E-state index contributed by atoms with van der Waals surface area (Å²) in [6.45, 7) is -1.39. The first-order valence-electron chi connectivity index (χ1n) is 12.2. The minimum atomic E-state index is -1.30. The second-order valence-corrected chi connectivity index (χ2v) is 9.03. The highest BCUT2D eigenvalue weighted by atomic mass is 19.1. The Kier molecular flexibility index (Phi) is 7.29. The van der Waals surface area contributed by atoms with Gasteiger partial charge in [0.1, 0.15) is 19.1 Å². The van der Waals surface area contributed by atoms with E-state index in [9.17, 15) is 23.2 Å². The number of nitrogens with zero attached hydrogens (tertiary/aromatic N) is 5. The summed E-state index contributed by atoms with van der Waals surface area (Å²) in [4.78, 5) is 44.4. The van der Waals surface area contributed by atoms with Crippen molar-refractivity contribution in [3.8, 4) is 17.2 Å². The summed E-state index contributed by atoms with van der Waals surface area (Å²) >= 11 is 0. The number of hydrogen-bond donors (Lipinski definition) is 0. The molecule has 12 heteroatoms. The van der Waals surface area contributed by atoms with Gasteiger partial charge in [-0.2, -0.15) is 4.98 Å². The quantitative estimate of drug-likeness (QED) is 0.309. The molecular formula is C26H25F2N5O5. The lowest BCUT2D eigenvalue weighted by atomic mass is 10.0. The zero-order chi connectivity index (χ0) is 26.6. The van der Waals surface area contributed by atoms with Crippen LogP contribution in [0.2, 0.25) is 0 Å². The van der Waals surface area contributed by atoms with Crippen molar-refractivity contribution >= 4 is 17.3 Å². The number of aromatic nitrogens is 4. The van der Waals surface area contributed by atoms with Gasteiger partial charge in [0, 0.05) is 24.7 Å². The predicted octanol–water partition coefficient (Wildman–Crippen LogP) is 2.74. The van der Waals surface area contributed by atoms with E-state index >= 15 is 0 Å². The highest BCUT2D eigenvalue weighted by Gasteiger charge is 2.25. The first-order valence-corrected chi connectivity index (χ1v) is 12.2. The topological polar surface area (TPSA) is 112 Å². The molecule has 4 aromatic rings. The molecule has 0 radical (unpaired) electrons. The summed E-state index contributed by atoms with van der Waals surface area (Å²) in [5.74, 6) is 0.482. The van der Waals surface area contributed by atoms with Gasteiger partial charge in [-0.15, -0.1) is 0 Å². The maximum Gasteiger partial charge on any atom is 0.332 e. The Balaban J connectivity index is 1.59. The molecule has 2 aromatic carbocycles. The number of piperidine rings is 1. The summed E-state index contributed by atoms with van der Waals surface area (Å²) in [6, 6.07) is 13.2. The van der Waals surface area contributed by atoms with Gasteiger partial charge in [0.05, 0.1) is 17.4 Å². The Labute approximate surface area is 215 Å². The number of likely N-dealkylation sites (tertiary alicyclic amines) is 1. The van der Waals surface area contributed by atoms with Crippen LogP contribution in [-0.4, -0.2) is 63.1 Å². The van der Waals surface area contributed by atoms with Crippen molar-refractivity contribution in [2.24, 2.45) is 0 Å². The molecule has 0 saturated carbocycles. The molecule has 1 aliphatic rings. The SMILES string of the molecule is O=CN1CCC(n2c(=O)n(Cc3noc(-c4ccccc4)n3)c(=O)c3cc(OC(CF)CF)ccc32)CC1. The van der Waals surface area contributed by atoms with Gasteiger partial charge in [-0.1, -0.05) is 23.4 Å². The molecule has 2 aromatic heterocycles. The van der Waals surface area contributed by atoms with Crippen molar-refractivity contribution < 1.29 is 22.8 Å². The number of amides is 1. The van der Waals surface area contributed by atoms with Crippen LogP contribution in [0.25, 0.3) is 22.4 Å². The van der Waals surface area contributed by atoms with E-state index in [0.29, 0.717) is 37.0 Å². The lowest BCUT2D eigenvalue weighted by Crippen LogP contribution is -2.44. The number of fused-ring (bicyclic) bond motifs is 1. The Hall–Kier alpha value is -4.35. The van der Waals surface area contributed by atoms with Gasteiger partial charge < -0.3 is 14.2 Å². The number of hydrogen-bond acceptors (Lipinski definition) is 7. The molecule has 0 bridgehead atoms. The third kappa shape index (κ3) is 4.93. The van der Waals surface area contributed by atoms with E-state index in [1.54, 1.807) is 23.1 Å². The first kappa shape index (κ1) is 25.3. The fraction of sp³-hybridized carbons (Fsp3) is 0.346. The van der Waals surface area contributed by atoms with E-state index in [1.165, 1.54) is 16.7 Å². The van der Waals surface area contributed by atoms with Crippen LogP contribution in [0.15, 0.2) is 62.6 Å². The minimum absolute atomic E-state index is 0.105. The zero-order valence-electron chi connectivity index (χ0n) is 20.3. The Morgan fingerprint density at radius 3 is 2.50 bits per heavy atom. The van der Waals surface area contributed by atoms with Crippen LogP contribution in [0.4, 0.5) is 8.78 Å². The normalized spacial score (nSPS) is 14.3. The second kappa shape index (κ2) is 11.0. The molecule has 0 spiro atoms. The lowest BCUT2D eigenvalue weighted by molar-refractivity contribution is -0.119. The molecule has 5 rings (SSSR count). The number of ether oxygens (including phenoxy) is 1. The molecule has 10 nitrogen and oxygen atoms in total. The van der Waals surface area contributed by atoms with Crippen molar-refractivity contribution in [3.63, 3.8) is 0 Å². The first-order chi connectivity index (χ1) is 18.5. The van der Waals surface area contributed by atoms with Crippen LogP contribution in [0.5, 0.6) is 5.75 Å². The molecule has 0 atom stereocenters. The van der Waals surface area contributed by atoms with Crippen LogP contribution >= 0.6 is 0 Å². The number of carbonyl (C=O) groups excluding carboxylic acids is 1. The van der Waals surface area contributed by atoms with Gasteiger partial charge in [0.15, 0.2) is 11.9 Å². The van der Waals surface area contributed by atoms with E-state index in [-0.39, 0.29) is 35.4 Å². The molecule has 38 heavy (non-hydrogen) atoms. The molecule has 0 N–H and O–H groups in total. The van der Waals surface area contributed by atoms with Crippen LogP contribution in [0.1, 0.15) is 24.7 Å². The molecule has 1 saturated heterocycles. The molecule has 1 aliphatic heterocycles. The molecule has 3 heterocycles. The van der Waals surface area contributed by atoms with Gasteiger partial charge in [-0.25, -0.2) is 13.6 Å². The fourth-order valence-corrected chi connectivity index (χ4v) is 4.63. The van der Waals surface area contributed by atoms with E-state index < -0.39 is 30.7 Å². The maximum atomic E-state index is 13.7. The number of carbonyl (C=O) groups is 1. The maximum absolute atomic E-state index is 13.7. The molecule has 0 aliphatic carbocycles. The van der Waals surface area contributed by atoms with E-state index in [0.717, 1.165) is 11.0 Å². The van der Waals surface area contributed by atoms with Gasteiger partial charge >= 0.3 is 5.69 Å². The smallest absolute Gasteiger partial charge is 0.332 e. The Morgan fingerprint density at radius 2 is 1.82 bits per heavy atom. The molecular weight excluding hydrogens is 500 g/mol. The second-order valence-electron chi connectivity index (χ2n) is 9.03. The molecule has 1 amide bonds. The van der Waals surface area contributed by atoms with Gasteiger partial charge in [0.2, 0.25) is 6.41 Å². The van der Waals surface area contributed by atoms with Crippen molar-refractivity contribution in [1.29, 1.82) is 0 Å². The summed E-state index contributed by atoms with van der Waals surface area (Å²) in [6.07, 6.45) is 0.491. The third-order valence-electron chi connectivity index (χ3n) is 6.59. The van der Waals surface area contributed by atoms with Crippen molar-refractivity contribution in [2.45, 2.75) is 31.5 Å². The van der Waals surface area contributed by atoms with Crippen molar-refractivity contribution in [2.75, 3.05) is 26.4 Å². The molecule has 0 unspecified atom stereocenters. The molecule has 1 fully saturated rings. The van der Waals surface area contributed by atoms with E-state index in [2.05, 4.69) is 10.1 Å². The van der Waals surface area contributed by atoms with Crippen molar-refractivity contribution in [3.05, 3.63) is 75.2 Å². The number of halogens is 2. The van der Waals surface area contributed by atoms with E-state index in [4.69, 9.17) is 9.26 Å². The summed E-state index contributed by atoms with van der Waals surface area (Å²) < 4.78 is 39.4. The summed E-state index contributed by atoms with van der Waals surface area (Å²) in [7, 11) is 0. The lowest BCUT2D eigenvalue weighted by Gasteiger charge is -2.31. The average molecular weight is 526 g/mol. The molecule has 198 valence electrons. The van der Waals surface area contributed by atoms with Crippen LogP contribution in [0.3, 0.4) is 0 Å². The van der Waals surface area contributed by atoms with Gasteiger partial charge in [-0.3, -0.25) is 18.7 Å². The number of rotatable bonds is 9. The fourth-order valence-electron chi connectivity index (χ4n) is 4.63. The van der Waals surface area contributed by atoms with Crippen molar-refractivity contribution in [1.82, 2.24) is 24.2 Å². The largest absolute Gasteiger partial charge is 0.485 e. The van der Waals surface area contributed by atoms with Crippen LogP contribution < -0.4 is 16.0 Å². The van der Waals surface area contributed by atoms with Crippen LogP contribution in [0, 0.1) is 0 Å². The third-order valence-corrected chi connectivity index (χ3v) is 6.59. The van der Waals surface area contributed by atoms with Crippen LogP contribution in [-0.2, 0) is 11.3 Å². The minimum Gasteiger partial charge on any atom is -0.485 e. The Morgan fingerprint density at radius 1 is 1.08 bits per heavy atom. The number of alkyl halides is 2. The predicted molar refractivity (Wildman–Crippen MR) is 134 cm³/mol. The standard InChI is InChI=1S/C26H25F2N5O5/c27-13-20(14-28)37-19-6-7-22-21(12-19)25(35)32(26(36)33(22)18-8-10-31(16-34)11-9-18)15-23-29-24(38-30-23)17-4-2-1-3-5-17/h1-7,12,16,18,20H,8-11,13-15H2. The summed E-state index contributed by atoms with van der Waals surface area (Å²) in [5.41, 5.74) is -0.130. The average Bonchev–Trinajstić information content (AvgIpc) is 3.44. The zero-order valence-corrected chi connectivity index (χ0v) is 20.3.